The molecule has 4 nitrogen and oxygen atoms in total. The predicted octanol–water partition coefficient (Wildman–Crippen LogP) is 3.59. The summed E-state index contributed by atoms with van der Waals surface area (Å²) in [5, 5.41) is 1.09. The summed E-state index contributed by atoms with van der Waals surface area (Å²) >= 11 is 1.83. The van der Waals surface area contributed by atoms with E-state index in [1.807, 2.05) is 11.3 Å². The molecule has 2 aliphatic rings. The summed E-state index contributed by atoms with van der Waals surface area (Å²) in [7, 11) is 0. The van der Waals surface area contributed by atoms with Crippen molar-refractivity contribution in [2.75, 3.05) is 39.3 Å². The summed E-state index contributed by atoms with van der Waals surface area (Å²) in [6, 6.07) is 2.25. The second-order valence-corrected chi connectivity index (χ2v) is 8.71. The monoisotopic (exact) mass is 364 g/mol. The van der Waals surface area contributed by atoms with E-state index in [1.165, 1.54) is 49.3 Å². The summed E-state index contributed by atoms with van der Waals surface area (Å²) in [6.07, 6.45) is 8.07. The standard InChI is InChI=1S/C20H32N2O2S/c1-17(7-12-23)15-22-11-6-19-18(16-22)14-20(25-19)24-13-5-10-21-8-3-2-4-9-21/h12,14,17H,2-11,13,15-16H2,1H3. The second-order valence-electron chi connectivity index (χ2n) is 7.61. The molecule has 0 radical (unpaired) electrons. The maximum Gasteiger partial charge on any atom is 0.174 e. The molecule has 1 aromatic heterocycles. The highest BCUT2D eigenvalue weighted by Crippen LogP contribution is 2.33. The van der Waals surface area contributed by atoms with E-state index in [1.54, 1.807) is 0 Å². The van der Waals surface area contributed by atoms with Gasteiger partial charge in [0.1, 0.15) is 6.29 Å². The van der Waals surface area contributed by atoms with Gasteiger partial charge < -0.3 is 14.4 Å². The summed E-state index contributed by atoms with van der Waals surface area (Å²) < 4.78 is 6.03. The Hall–Kier alpha value is -0.910. The third-order valence-corrected chi connectivity index (χ3v) is 6.45. The SMILES string of the molecule is CC(CC=O)CN1CCc2sc(OCCCN3CCCCC3)cc2C1. The number of carbonyl (C=O) groups is 1. The Balaban J connectivity index is 1.40. The highest BCUT2D eigenvalue weighted by atomic mass is 32.1. The highest BCUT2D eigenvalue weighted by molar-refractivity contribution is 7.14. The first-order valence-corrected chi connectivity index (χ1v) is 10.7. The Kier molecular flexibility index (Phi) is 7.32. The fourth-order valence-corrected chi connectivity index (χ4v) is 4.95. The number of fused-ring (bicyclic) bond motifs is 1. The van der Waals surface area contributed by atoms with Crippen LogP contribution in [-0.2, 0) is 17.8 Å². The molecular weight excluding hydrogens is 332 g/mol. The van der Waals surface area contributed by atoms with Gasteiger partial charge in [0.25, 0.3) is 0 Å². The zero-order valence-electron chi connectivity index (χ0n) is 15.5. The number of aldehydes is 1. The van der Waals surface area contributed by atoms with Crippen molar-refractivity contribution in [3.63, 3.8) is 0 Å². The number of thiophene rings is 1. The molecule has 0 spiro atoms. The van der Waals surface area contributed by atoms with E-state index in [0.717, 1.165) is 50.4 Å². The predicted molar refractivity (Wildman–Crippen MR) is 104 cm³/mol. The molecule has 3 rings (SSSR count). The number of carbonyl (C=O) groups excluding carboxylic acids is 1. The van der Waals surface area contributed by atoms with Gasteiger partial charge in [-0.2, -0.15) is 0 Å². The third kappa shape index (κ3) is 5.80. The lowest BCUT2D eigenvalue weighted by atomic mass is 10.1. The number of piperidine rings is 1. The van der Waals surface area contributed by atoms with Gasteiger partial charge in [-0.25, -0.2) is 0 Å². The summed E-state index contributed by atoms with van der Waals surface area (Å²) in [5.74, 6) is 0.447. The fraction of sp³-hybridized carbons (Fsp3) is 0.750. The number of rotatable bonds is 9. The zero-order valence-corrected chi connectivity index (χ0v) is 16.4. The Morgan fingerprint density at radius 3 is 2.88 bits per heavy atom. The minimum atomic E-state index is 0.447. The molecule has 0 amide bonds. The molecular formula is C20H32N2O2S. The maximum absolute atomic E-state index is 10.6. The quantitative estimate of drug-likeness (QED) is 0.495. The third-order valence-electron chi connectivity index (χ3n) is 5.30. The van der Waals surface area contributed by atoms with E-state index in [-0.39, 0.29) is 0 Å². The lowest BCUT2D eigenvalue weighted by molar-refractivity contribution is -0.108. The van der Waals surface area contributed by atoms with Gasteiger partial charge in [-0.1, -0.05) is 13.3 Å². The van der Waals surface area contributed by atoms with Crippen LogP contribution in [0, 0.1) is 5.92 Å². The van der Waals surface area contributed by atoms with Crippen molar-refractivity contribution in [2.24, 2.45) is 5.92 Å². The molecule has 1 atom stereocenters. The maximum atomic E-state index is 10.6. The van der Waals surface area contributed by atoms with E-state index < -0.39 is 0 Å². The first kappa shape index (κ1) is 18.9. The Morgan fingerprint density at radius 1 is 1.24 bits per heavy atom. The molecule has 0 bridgehead atoms. The van der Waals surface area contributed by atoms with E-state index >= 15 is 0 Å². The van der Waals surface area contributed by atoms with Gasteiger partial charge in [0.15, 0.2) is 5.06 Å². The average molecular weight is 365 g/mol. The van der Waals surface area contributed by atoms with Gasteiger partial charge >= 0.3 is 0 Å². The zero-order chi connectivity index (χ0) is 17.5. The minimum Gasteiger partial charge on any atom is -0.484 e. The lowest BCUT2D eigenvalue weighted by Crippen LogP contribution is -2.33. The summed E-state index contributed by atoms with van der Waals surface area (Å²) in [4.78, 5) is 17.2. The number of hydrogen-bond acceptors (Lipinski definition) is 5. The highest BCUT2D eigenvalue weighted by Gasteiger charge is 2.21. The van der Waals surface area contributed by atoms with Crippen molar-refractivity contribution in [3.05, 3.63) is 16.5 Å². The van der Waals surface area contributed by atoms with E-state index in [4.69, 9.17) is 4.74 Å². The van der Waals surface area contributed by atoms with Crippen LogP contribution in [0.3, 0.4) is 0 Å². The number of nitrogens with zero attached hydrogens (tertiary/aromatic N) is 2. The van der Waals surface area contributed by atoms with Crippen molar-refractivity contribution in [1.29, 1.82) is 0 Å². The molecule has 5 heteroatoms. The summed E-state index contributed by atoms with van der Waals surface area (Å²) in [6.45, 7) is 9.83. The van der Waals surface area contributed by atoms with Crippen LogP contribution >= 0.6 is 11.3 Å². The van der Waals surface area contributed by atoms with E-state index in [2.05, 4.69) is 22.8 Å². The topological polar surface area (TPSA) is 32.8 Å². The van der Waals surface area contributed by atoms with Crippen LogP contribution in [0.4, 0.5) is 0 Å². The molecule has 25 heavy (non-hydrogen) atoms. The van der Waals surface area contributed by atoms with Gasteiger partial charge in [-0.15, -0.1) is 11.3 Å². The molecule has 1 unspecified atom stereocenters. The Morgan fingerprint density at radius 2 is 2.08 bits per heavy atom. The van der Waals surface area contributed by atoms with Crippen LogP contribution in [0.5, 0.6) is 5.06 Å². The second kappa shape index (κ2) is 9.70. The van der Waals surface area contributed by atoms with Crippen molar-refractivity contribution >= 4 is 17.6 Å². The van der Waals surface area contributed by atoms with Gasteiger partial charge in [0.2, 0.25) is 0 Å². The molecule has 0 saturated carbocycles. The molecule has 0 aromatic carbocycles. The molecule has 0 N–H and O–H groups in total. The van der Waals surface area contributed by atoms with Crippen molar-refractivity contribution in [2.45, 2.75) is 52.0 Å². The lowest BCUT2D eigenvalue weighted by Gasteiger charge is -2.28. The van der Waals surface area contributed by atoms with Crippen molar-refractivity contribution < 1.29 is 9.53 Å². The molecule has 1 fully saturated rings. The summed E-state index contributed by atoms with van der Waals surface area (Å²) in [5.41, 5.74) is 1.43. The van der Waals surface area contributed by atoms with Crippen LogP contribution < -0.4 is 4.74 Å². The van der Waals surface area contributed by atoms with Gasteiger partial charge in [-0.3, -0.25) is 4.90 Å². The van der Waals surface area contributed by atoms with Crippen molar-refractivity contribution in [1.82, 2.24) is 9.80 Å². The van der Waals surface area contributed by atoms with Gasteiger partial charge in [0.05, 0.1) is 6.61 Å². The molecule has 2 aliphatic heterocycles. The molecule has 140 valence electrons. The van der Waals surface area contributed by atoms with Crippen LogP contribution in [0.15, 0.2) is 6.07 Å². The van der Waals surface area contributed by atoms with Crippen molar-refractivity contribution in [3.8, 4) is 5.06 Å². The normalized spacial score (nSPS) is 20.2. The molecule has 1 aromatic rings. The Labute approximate surface area is 156 Å². The fourth-order valence-electron chi connectivity index (χ4n) is 3.91. The first-order chi connectivity index (χ1) is 12.2. The Bertz CT molecular complexity index is 540. The first-order valence-electron chi connectivity index (χ1n) is 9.87. The van der Waals surface area contributed by atoms with E-state index in [9.17, 15) is 4.79 Å². The number of likely N-dealkylation sites (tertiary alicyclic amines) is 1. The average Bonchev–Trinajstić information content (AvgIpc) is 3.02. The van der Waals surface area contributed by atoms with Crippen LogP contribution in [0.2, 0.25) is 0 Å². The van der Waals surface area contributed by atoms with E-state index in [0.29, 0.717) is 12.3 Å². The smallest absolute Gasteiger partial charge is 0.174 e. The largest absolute Gasteiger partial charge is 0.484 e. The molecule has 3 heterocycles. The van der Waals surface area contributed by atoms with Crippen LogP contribution in [0.25, 0.3) is 0 Å². The molecule has 1 saturated heterocycles. The van der Waals surface area contributed by atoms with Crippen LogP contribution in [-0.4, -0.2) is 55.4 Å². The van der Waals surface area contributed by atoms with Gasteiger partial charge in [-0.05, 0) is 56.3 Å². The molecule has 0 aliphatic carbocycles. The number of ether oxygens (including phenoxy) is 1. The van der Waals surface area contributed by atoms with Crippen LogP contribution in [0.1, 0.15) is 49.5 Å². The number of hydrogen-bond donors (Lipinski definition) is 0. The minimum absolute atomic E-state index is 0.447. The van der Waals surface area contributed by atoms with Gasteiger partial charge in [0, 0.05) is 37.5 Å².